The summed E-state index contributed by atoms with van der Waals surface area (Å²) in [6.07, 6.45) is 0. The Morgan fingerprint density at radius 3 is 2.09 bits per heavy atom. The van der Waals surface area contributed by atoms with Gasteiger partial charge in [0.2, 0.25) is 5.95 Å². The zero-order valence-corrected chi connectivity index (χ0v) is 29.6. The summed E-state index contributed by atoms with van der Waals surface area (Å²) in [6.45, 7) is 0. The lowest BCUT2D eigenvalue weighted by Crippen LogP contribution is -2.19. The Bertz CT molecular complexity index is 3790. The van der Waals surface area contributed by atoms with Gasteiger partial charge in [0.1, 0.15) is 0 Å². The summed E-state index contributed by atoms with van der Waals surface area (Å²) in [5, 5.41) is 5.74. The third kappa shape index (κ3) is 4.58. The Kier molecular flexibility index (Phi) is 5.25. The maximum atomic E-state index is 9.52. The molecular formula is C51H31N5. The molecule has 3 heterocycles. The highest BCUT2D eigenvalue weighted by molar-refractivity contribution is 6.19. The first kappa shape index (κ1) is 24.6. The minimum absolute atomic E-state index is 0.0759. The quantitative estimate of drug-likeness (QED) is 0.182. The zero-order chi connectivity index (χ0) is 42.8. The summed E-state index contributed by atoms with van der Waals surface area (Å²) in [6, 6.07) is 45.9. The van der Waals surface area contributed by atoms with Gasteiger partial charge in [0.05, 0.1) is 32.0 Å². The van der Waals surface area contributed by atoms with Crippen molar-refractivity contribution in [3.63, 3.8) is 0 Å². The second-order valence-electron chi connectivity index (χ2n) is 13.9. The molecule has 0 N–H and O–H groups in total. The molecule has 260 valence electrons. The summed E-state index contributed by atoms with van der Waals surface area (Å²) in [7, 11) is 0. The van der Waals surface area contributed by atoms with Crippen molar-refractivity contribution in [3.8, 4) is 39.6 Å². The van der Waals surface area contributed by atoms with E-state index in [1.165, 1.54) is 0 Å². The van der Waals surface area contributed by atoms with Gasteiger partial charge in [0.25, 0.3) is 0 Å². The molecule has 0 saturated carbocycles. The first-order valence-electron chi connectivity index (χ1n) is 21.9. The van der Waals surface area contributed by atoms with Gasteiger partial charge in [-0.15, -0.1) is 0 Å². The number of anilines is 3. The molecule has 0 spiro atoms. The number of para-hydroxylation sites is 2. The highest BCUT2D eigenvalue weighted by Gasteiger charge is 2.30. The molecule has 9 aromatic carbocycles. The van der Waals surface area contributed by atoms with Crippen LogP contribution in [0.5, 0.6) is 0 Å². The summed E-state index contributed by atoms with van der Waals surface area (Å²) in [4.78, 5) is 17.3. The van der Waals surface area contributed by atoms with Gasteiger partial charge in [-0.05, 0) is 87.1 Å². The van der Waals surface area contributed by atoms with Crippen molar-refractivity contribution < 1.29 is 9.60 Å². The van der Waals surface area contributed by atoms with Gasteiger partial charge < -0.3 is 4.57 Å². The Balaban J connectivity index is 1.18. The molecule has 0 amide bonds. The highest BCUT2D eigenvalue weighted by Crippen LogP contribution is 2.52. The molecule has 0 radical (unpaired) electrons. The van der Waals surface area contributed by atoms with Crippen molar-refractivity contribution in [2.24, 2.45) is 0 Å². The molecule has 5 nitrogen and oxygen atoms in total. The van der Waals surface area contributed by atoms with E-state index in [4.69, 9.17) is 21.8 Å². The third-order valence-corrected chi connectivity index (χ3v) is 10.8. The first-order chi connectivity index (χ1) is 30.7. The van der Waals surface area contributed by atoms with E-state index in [1.807, 2.05) is 77.7 Å². The summed E-state index contributed by atoms with van der Waals surface area (Å²) in [5.41, 5.74) is 7.21. The number of nitrogens with zero attached hydrogens (tertiary/aromatic N) is 5. The van der Waals surface area contributed by atoms with Gasteiger partial charge in [0.15, 0.2) is 11.6 Å². The lowest BCUT2D eigenvalue weighted by molar-refractivity contribution is 1.02. The molecule has 0 bridgehead atoms. The molecule has 11 aromatic rings. The smallest absolute Gasteiger partial charge is 0.238 e. The van der Waals surface area contributed by atoms with Crippen LogP contribution in [0, 0.1) is 0 Å². The molecule has 0 saturated heterocycles. The summed E-state index contributed by atoms with van der Waals surface area (Å²) >= 11 is 0. The summed E-state index contributed by atoms with van der Waals surface area (Å²) in [5.74, 6) is 0.385. The van der Waals surface area contributed by atoms with Crippen LogP contribution in [-0.4, -0.2) is 19.5 Å². The van der Waals surface area contributed by atoms with Gasteiger partial charge in [-0.2, -0.15) is 9.97 Å². The molecule has 56 heavy (non-hydrogen) atoms. The van der Waals surface area contributed by atoms with Gasteiger partial charge in [-0.3, -0.25) is 4.90 Å². The topological polar surface area (TPSA) is 46.8 Å². The molecule has 1 aliphatic heterocycles. The van der Waals surface area contributed by atoms with Crippen LogP contribution in [0.15, 0.2) is 188 Å². The molecule has 5 heteroatoms. The maximum Gasteiger partial charge on any atom is 0.238 e. The number of hydrogen-bond donors (Lipinski definition) is 0. The molecule has 0 unspecified atom stereocenters. The molecule has 2 aromatic heterocycles. The van der Waals surface area contributed by atoms with Crippen molar-refractivity contribution in [2.75, 3.05) is 4.90 Å². The lowest BCUT2D eigenvalue weighted by Gasteiger charge is -2.32. The molecular weight excluding hydrogens is 683 g/mol. The monoisotopic (exact) mass is 720 g/mol. The highest BCUT2D eigenvalue weighted by atomic mass is 15.3. The largest absolute Gasteiger partial charge is 0.309 e. The van der Waals surface area contributed by atoms with Crippen molar-refractivity contribution >= 4 is 71.4 Å². The second kappa shape index (κ2) is 11.9. The normalized spacial score (nSPS) is 14.0. The molecule has 0 aliphatic carbocycles. The number of hydrogen-bond acceptors (Lipinski definition) is 4. The van der Waals surface area contributed by atoms with Crippen LogP contribution in [0.25, 0.3) is 93.7 Å². The first-order valence-corrected chi connectivity index (χ1v) is 18.4. The van der Waals surface area contributed by atoms with E-state index in [2.05, 4.69) is 77.4 Å². The van der Waals surface area contributed by atoms with Crippen molar-refractivity contribution in [2.45, 2.75) is 0 Å². The van der Waals surface area contributed by atoms with E-state index in [-0.39, 0.29) is 40.0 Å². The number of aromatic nitrogens is 4. The van der Waals surface area contributed by atoms with E-state index in [1.54, 1.807) is 0 Å². The van der Waals surface area contributed by atoms with Crippen molar-refractivity contribution in [1.29, 1.82) is 0 Å². The van der Waals surface area contributed by atoms with Gasteiger partial charge in [-0.1, -0.05) is 133 Å². The minimum Gasteiger partial charge on any atom is -0.309 e. The van der Waals surface area contributed by atoms with Crippen LogP contribution < -0.4 is 4.90 Å². The van der Waals surface area contributed by atoms with E-state index < -0.39 is 36.3 Å². The van der Waals surface area contributed by atoms with Crippen molar-refractivity contribution in [3.05, 3.63) is 188 Å². The fourth-order valence-electron chi connectivity index (χ4n) is 8.36. The fraction of sp³-hybridized carbons (Fsp3) is 0. The number of rotatable bonds is 4. The van der Waals surface area contributed by atoms with Crippen molar-refractivity contribution in [1.82, 2.24) is 19.5 Å². The predicted octanol–water partition coefficient (Wildman–Crippen LogP) is 13.2. The average molecular weight is 721 g/mol. The second-order valence-corrected chi connectivity index (χ2v) is 13.9. The van der Waals surface area contributed by atoms with Crippen LogP contribution in [-0.2, 0) is 0 Å². The van der Waals surface area contributed by atoms with Crippen LogP contribution >= 0.6 is 0 Å². The van der Waals surface area contributed by atoms with Gasteiger partial charge >= 0.3 is 0 Å². The van der Waals surface area contributed by atoms with E-state index in [0.717, 1.165) is 71.5 Å². The Morgan fingerprint density at radius 2 is 1.20 bits per heavy atom. The van der Waals surface area contributed by atoms with Crippen LogP contribution in [0.4, 0.5) is 17.3 Å². The Labute approximate surface area is 332 Å². The van der Waals surface area contributed by atoms with E-state index >= 15 is 0 Å². The maximum absolute atomic E-state index is 9.52. The third-order valence-electron chi connectivity index (χ3n) is 10.8. The number of fused-ring (bicyclic) bond motifs is 8. The number of benzene rings is 9. The Hall–Kier alpha value is -7.63. The SMILES string of the molecule is [2H]c1c([2H])c([2H])c2c([2H])c(-c3nc(-c4ccc5c(c4)c4ccccc4n5-c4ccccc4)nc(N4c5ccc6ccccc6c5-c5cccc6cccc4c56)n3)c([2H])c([2H])c2c1[2H]. The molecule has 12 rings (SSSR count). The fourth-order valence-corrected chi connectivity index (χ4v) is 8.36. The molecule has 0 fully saturated rings. The lowest BCUT2D eigenvalue weighted by atomic mass is 9.88. The van der Waals surface area contributed by atoms with Crippen LogP contribution in [0.3, 0.4) is 0 Å². The van der Waals surface area contributed by atoms with E-state index in [0.29, 0.717) is 5.56 Å². The molecule has 0 atom stereocenters. The van der Waals surface area contributed by atoms with Gasteiger partial charge in [0, 0.05) is 38.5 Å². The summed E-state index contributed by atoms with van der Waals surface area (Å²) < 4.78 is 64.5. The standard InChI is InChI=1S/C51H31N5/c1-2-17-38(18-3-1)55-43-22-9-8-20-40(43)42-31-37(27-28-44(42)55)50-52-49(36-25-24-32-12-4-5-14-35(32)30-36)53-51(54-50)56-45-23-11-16-34-15-10-21-41(47(34)45)48-39-19-7-6-13-33(39)26-29-46(48)56/h1-31H/i4D,5D,12D,14D,24D,25D,30D. The van der Waals surface area contributed by atoms with Crippen LogP contribution in [0.2, 0.25) is 0 Å². The zero-order valence-electron chi connectivity index (χ0n) is 36.6. The predicted molar refractivity (Wildman–Crippen MR) is 231 cm³/mol. The molecule has 1 aliphatic rings. The van der Waals surface area contributed by atoms with Gasteiger partial charge in [-0.25, -0.2) is 4.98 Å². The van der Waals surface area contributed by atoms with E-state index in [9.17, 15) is 2.74 Å². The minimum atomic E-state index is -0.535. The Morgan fingerprint density at radius 1 is 0.464 bits per heavy atom. The van der Waals surface area contributed by atoms with Crippen LogP contribution in [0.1, 0.15) is 9.60 Å². The average Bonchev–Trinajstić information content (AvgIpc) is 3.65.